The van der Waals surface area contributed by atoms with Gasteiger partial charge in [0.15, 0.2) is 5.17 Å². The Morgan fingerprint density at radius 2 is 1.71 bits per heavy atom. The molecule has 0 aliphatic carbocycles. The first-order chi connectivity index (χ1) is 16.5. The Labute approximate surface area is 211 Å². The Balaban J connectivity index is 1.48. The number of hydrogen-bond acceptors (Lipinski definition) is 3. The second-order valence-electron chi connectivity index (χ2n) is 8.23. The van der Waals surface area contributed by atoms with Crippen LogP contribution in [0.5, 0.6) is 0 Å². The number of hydrogen-bond donors (Lipinski definition) is 1. The maximum absolute atomic E-state index is 12.8. The fraction of sp³-hybridized carbons (Fsp3) is 0.143. The zero-order chi connectivity index (χ0) is 23.7. The van der Waals surface area contributed by atoms with Crippen LogP contribution in [0.2, 0.25) is 0 Å². The van der Waals surface area contributed by atoms with Gasteiger partial charge in [0.2, 0.25) is 0 Å². The standard InChI is InChI=1S/C28H24BrN3OS/c1-3-19-10-14-22(15-11-19)30-28-31-27(33)26(34-28)16-24-18(2)32(25-7-5-4-6-23(24)25)17-20-8-12-21(29)13-9-20/h4-16H,3,17H2,1-2H3,(H,30,31,33)/b26-16-. The quantitative estimate of drug-likeness (QED) is 0.277. The molecule has 2 heterocycles. The molecule has 1 aromatic heterocycles. The first-order valence-corrected chi connectivity index (χ1v) is 12.8. The third kappa shape index (κ3) is 4.61. The van der Waals surface area contributed by atoms with E-state index in [1.165, 1.54) is 22.9 Å². The number of para-hydroxylation sites is 1. The highest BCUT2D eigenvalue weighted by Gasteiger charge is 2.25. The van der Waals surface area contributed by atoms with Crippen LogP contribution in [0.25, 0.3) is 17.0 Å². The summed E-state index contributed by atoms with van der Waals surface area (Å²) in [7, 11) is 0. The van der Waals surface area contributed by atoms with E-state index in [-0.39, 0.29) is 5.91 Å². The molecule has 0 atom stereocenters. The van der Waals surface area contributed by atoms with E-state index < -0.39 is 0 Å². The van der Waals surface area contributed by atoms with Crippen LogP contribution in [0.1, 0.15) is 29.3 Å². The number of carbonyl (C=O) groups excluding carboxylic acids is 1. The van der Waals surface area contributed by atoms with E-state index in [1.54, 1.807) is 0 Å². The summed E-state index contributed by atoms with van der Waals surface area (Å²) >= 11 is 4.90. The minimum absolute atomic E-state index is 0.113. The first kappa shape index (κ1) is 22.7. The number of benzene rings is 3. The van der Waals surface area contributed by atoms with E-state index in [1.807, 2.05) is 24.3 Å². The maximum atomic E-state index is 12.8. The van der Waals surface area contributed by atoms with Gasteiger partial charge in [0.05, 0.1) is 10.6 Å². The van der Waals surface area contributed by atoms with Crippen LogP contribution in [0.3, 0.4) is 0 Å². The van der Waals surface area contributed by atoms with Crippen LogP contribution < -0.4 is 5.32 Å². The Hall–Kier alpha value is -3.09. The smallest absolute Gasteiger partial charge is 0.264 e. The molecule has 0 saturated carbocycles. The van der Waals surface area contributed by atoms with Crippen molar-refractivity contribution in [3.05, 3.63) is 105 Å². The van der Waals surface area contributed by atoms with Crippen molar-refractivity contribution in [3.8, 4) is 0 Å². The van der Waals surface area contributed by atoms with Gasteiger partial charge in [0.1, 0.15) is 0 Å². The summed E-state index contributed by atoms with van der Waals surface area (Å²) in [6, 6.07) is 24.9. The van der Waals surface area contributed by atoms with E-state index in [4.69, 9.17) is 0 Å². The number of aromatic nitrogens is 1. The van der Waals surface area contributed by atoms with Crippen LogP contribution in [0, 0.1) is 6.92 Å². The van der Waals surface area contributed by atoms with E-state index in [9.17, 15) is 4.79 Å². The highest BCUT2D eigenvalue weighted by molar-refractivity contribution is 9.10. The second kappa shape index (κ2) is 9.65. The SMILES string of the molecule is CCc1ccc(N=C2NC(=O)/C(=C/c3c(C)n(Cc4ccc(Br)cc4)c4ccccc34)S2)cc1. The Morgan fingerprint density at radius 1 is 1.00 bits per heavy atom. The fourth-order valence-electron chi connectivity index (χ4n) is 4.15. The van der Waals surface area contributed by atoms with Gasteiger partial charge < -0.3 is 9.88 Å². The highest BCUT2D eigenvalue weighted by Crippen LogP contribution is 2.33. The monoisotopic (exact) mass is 529 g/mol. The predicted octanol–water partition coefficient (Wildman–Crippen LogP) is 7.21. The normalized spacial score (nSPS) is 16.0. The number of amidine groups is 1. The molecule has 1 N–H and O–H groups in total. The number of nitrogens with zero attached hydrogens (tertiary/aromatic N) is 2. The highest BCUT2D eigenvalue weighted by atomic mass is 79.9. The largest absolute Gasteiger partial charge is 0.340 e. The lowest BCUT2D eigenvalue weighted by Crippen LogP contribution is -2.19. The van der Waals surface area contributed by atoms with E-state index in [0.29, 0.717) is 10.1 Å². The molecule has 5 rings (SSSR count). The summed E-state index contributed by atoms with van der Waals surface area (Å²) in [5.41, 5.74) is 6.68. The van der Waals surface area contributed by atoms with Crippen molar-refractivity contribution in [2.75, 3.05) is 0 Å². The fourth-order valence-corrected chi connectivity index (χ4v) is 5.24. The van der Waals surface area contributed by atoms with Gasteiger partial charge in [-0.25, -0.2) is 4.99 Å². The molecule has 6 heteroatoms. The van der Waals surface area contributed by atoms with Gasteiger partial charge in [-0.1, -0.05) is 65.3 Å². The molecule has 0 unspecified atom stereocenters. The van der Waals surface area contributed by atoms with Crippen molar-refractivity contribution in [2.45, 2.75) is 26.8 Å². The van der Waals surface area contributed by atoms with Crippen molar-refractivity contribution < 1.29 is 4.79 Å². The molecule has 1 aliphatic rings. The van der Waals surface area contributed by atoms with Gasteiger partial charge in [-0.05, 0) is 72.6 Å². The molecule has 0 bridgehead atoms. The first-order valence-electron chi connectivity index (χ1n) is 11.2. The average molecular weight is 530 g/mol. The Kier molecular flexibility index (Phi) is 6.44. The summed E-state index contributed by atoms with van der Waals surface area (Å²) in [5, 5.41) is 4.66. The van der Waals surface area contributed by atoms with Gasteiger partial charge >= 0.3 is 0 Å². The number of aliphatic imine (C=N–C) groups is 1. The van der Waals surface area contributed by atoms with E-state index in [0.717, 1.165) is 45.3 Å². The molecule has 1 aliphatic heterocycles. The summed E-state index contributed by atoms with van der Waals surface area (Å²) in [6.07, 6.45) is 2.99. The molecular formula is C28H24BrN3OS. The molecule has 3 aromatic carbocycles. The minimum atomic E-state index is -0.113. The molecular weight excluding hydrogens is 506 g/mol. The van der Waals surface area contributed by atoms with Crippen LogP contribution in [-0.2, 0) is 17.8 Å². The predicted molar refractivity (Wildman–Crippen MR) is 147 cm³/mol. The van der Waals surface area contributed by atoms with Crippen molar-refractivity contribution in [1.29, 1.82) is 0 Å². The van der Waals surface area contributed by atoms with Crippen LogP contribution in [-0.4, -0.2) is 15.6 Å². The van der Waals surface area contributed by atoms with Crippen molar-refractivity contribution in [1.82, 2.24) is 9.88 Å². The lowest BCUT2D eigenvalue weighted by atomic mass is 10.1. The molecule has 170 valence electrons. The minimum Gasteiger partial charge on any atom is -0.340 e. The third-order valence-electron chi connectivity index (χ3n) is 6.04. The number of rotatable bonds is 5. The molecule has 0 spiro atoms. The Bertz CT molecular complexity index is 1430. The molecule has 0 radical (unpaired) electrons. The van der Waals surface area contributed by atoms with E-state index >= 15 is 0 Å². The summed E-state index contributed by atoms with van der Waals surface area (Å²) in [5.74, 6) is -0.113. The second-order valence-corrected chi connectivity index (χ2v) is 10.2. The van der Waals surface area contributed by atoms with Crippen molar-refractivity contribution in [2.24, 2.45) is 4.99 Å². The van der Waals surface area contributed by atoms with Crippen molar-refractivity contribution >= 4 is 61.4 Å². The van der Waals surface area contributed by atoms with Gasteiger partial charge in [0, 0.05) is 33.2 Å². The summed E-state index contributed by atoms with van der Waals surface area (Å²) in [6.45, 7) is 5.01. The zero-order valence-corrected chi connectivity index (χ0v) is 21.4. The summed E-state index contributed by atoms with van der Waals surface area (Å²) < 4.78 is 3.38. The zero-order valence-electron chi connectivity index (χ0n) is 19.0. The number of carbonyl (C=O) groups is 1. The molecule has 34 heavy (non-hydrogen) atoms. The van der Waals surface area contributed by atoms with Gasteiger partial charge in [-0.3, -0.25) is 4.79 Å². The molecule has 1 fully saturated rings. The number of halogens is 1. The number of thioether (sulfide) groups is 1. The molecule has 1 saturated heterocycles. The Morgan fingerprint density at radius 3 is 2.44 bits per heavy atom. The molecule has 1 amide bonds. The molecule has 4 aromatic rings. The number of nitrogens with one attached hydrogen (secondary N) is 1. The third-order valence-corrected chi connectivity index (χ3v) is 7.47. The number of fused-ring (bicyclic) bond motifs is 1. The number of amides is 1. The van der Waals surface area contributed by atoms with Crippen molar-refractivity contribution in [3.63, 3.8) is 0 Å². The maximum Gasteiger partial charge on any atom is 0.264 e. The van der Waals surface area contributed by atoms with E-state index in [2.05, 4.69) is 99.3 Å². The van der Waals surface area contributed by atoms with Crippen LogP contribution in [0.4, 0.5) is 5.69 Å². The molecule has 4 nitrogen and oxygen atoms in total. The topological polar surface area (TPSA) is 46.4 Å². The van der Waals surface area contributed by atoms with Crippen LogP contribution >= 0.6 is 27.7 Å². The lowest BCUT2D eigenvalue weighted by molar-refractivity contribution is -0.115. The van der Waals surface area contributed by atoms with Crippen LogP contribution in [0.15, 0.2) is 87.2 Å². The number of aryl methyl sites for hydroxylation is 1. The van der Waals surface area contributed by atoms with Gasteiger partial charge in [-0.2, -0.15) is 0 Å². The van der Waals surface area contributed by atoms with Gasteiger partial charge in [0.25, 0.3) is 5.91 Å². The lowest BCUT2D eigenvalue weighted by Gasteiger charge is -2.09. The summed E-state index contributed by atoms with van der Waals surface area (Å²) in [4.78, 5) is 18.0. The average Bonchev–Trinajstić information content (AvgIpc) is 3.32. The van der Waals surface area contributed by atoms with Gasteiger partial charge in [-0.15, -0.1) is 0 Å².